The van der Waals surface area contributed by atoms with Gasteiger partial charge in [-0.15, -0.1) is 0 Å². The van der Waals surface area contributed by atoms with Crippen LogP contribution in [0.2, 0.25) is 0 Å². The molecule has 1 aliphatic rings. The third-order valence-electron chi connectivity index (χ3n) is 6.35. The highest BCUT2D eigenvalue weighted by Gasteiger charge is 2.25. The van der Waals surface area contributed by atoms with Crippen LogP contribution in [0.15, 0.2) is 36.5 Å². The van der Waals surface area contributed by atoms with Crippen LogP contribution in [-0.2, 0) is 11.8 Å². The molecule has 4 heterocycles. The van der Waals surface area contributed by atoms with Gasteiger partial charge in [0.2, 0.25) is 5.91 Å². The van der Waals surface area contributed by atoms with Crippen molar-refractivity contribution in [3.63, 3.8) is 0 Å². The number of aromatic nitrogens is 4. The lowest BCUT2D eigenvalue weighted by atomic mass is 9.93. The Morgan fingerprint density at radius 2 is 2.03 bits per heavy atom. The third-order valence-corrected chi connectivity index (χ3v) is 6.35. The Bertz CT molecular complexity index is 1200. The summed E-state index contributed by atoms with van der Waals surface area (Å²) < 4.78 is 1.85. The number of anilines is 2. The zero-order valence-electron chi connectivity index (χ0n) is 20.1. The maximum Gasteiger partial charge on any atom is 0.246 e. The van der Waals surface area contributed by atoms with E-state index in [-0.39, 0.29) is 11.8 Å². The van der Waals surface area contributed by atoms with E-state index >= 15 is 0 Å². The van der Waals surface area contributed by atoms with Gasteiger partial charge in [-0.05, 0) is 70.4 Å². The van der Waals surface area contributed by atoms with Gasteiger partial charge in [-0.3, -0.25) is 14.5 Å². The number of aryl methyl sites for hydroxylation is 4. The van der Waals surface area contributed by atoms with Gasteiger partial charge in [0.15, 0.2) is 0 Å². The molecule has 0 spiro atoms. The van der Waals surface area contributed by atoms with Crippen molar-refractivity contribution in [1.29, 1.82) is 0 Å². The number of rotatable bonds is 5. The highest BCUT2D eigenvalue weighted by atomic mass is 16.2. The summed E-state index contributed by atoms with van der Waals surface area (Å²) in [5, 5.41) is 7.85. The summed E-state index contributed by atoms with van der Waals surface area (Å²) in [5.41, 5.74) is 7.04. The van der Waals surface area contributed by atoms with Gasteiger partial charge in [0.1, 0.15) is 5.82 Å². The van der Waals surface area contributed by atoms with Crippen LogP contribution in [0.5, 0.6) is 0 Å². The fourth-order valence-corrected chi connectivity index (χ4v) is 4.44. The van der Waals surface area contributed by atoms with Gasteiger partial charge in [-0.2, -0.15) is 5.10 Å². The molecule has 0 aromatic carbocycles. The van der Waals surface area contributed by atoms with Crippen molar-refractivity contribution < 1.29 is 4.79 Å². The predicted molar refractivity (Wildman–Crippen MR) is 132 cm³/mol. The summed E-state index contributed by atoms with van der Waals surface area (Å²) in [5.74, 6) is 1.10. The van der Waals surface area contributed by atoms with Crippen molar-refractivity contribution in [2.45, 2.75) is 46.5 Å². The quantitative estimate of drug-likeness (QED) is 0.582. The van der Waals surface area contributed by atoms with Gasteiger partial charge in [0.05, 0.1) is 5.69 Å². The summed E-state index contributed by atoms with van der Waals surface area (Å²) in [4.78, 5) is 24.1. The van der Waals surface area contributed by atoms with Crippen LogP contribution in [0.4, 0.5) is 11.5 Å². The average molecular weight is 445 g/mol. The predicted octanol–water partition coefficient (Wildman–Crippen LogP) is 4.61. The fraction of sp³-hybridized carbons (Fsp3) is 0.385. The SMILES string of the molecule is Cc1cc(Nc2ncccc2C)cc(C2CCCN(C(=O)/C=C/c3c(C)nn(C)c3C)C2)n1. The van der Waals surface area contributed by atoms with E-state index in [1.165, 1.54) is 0 Å². The number of nitrogens with one attached hydrogen (secondary N) is 1. The number of amides is 1. The number of hydrogen-bond donors (Lipinski definition) is 1. The summed E-state index contributed by atoms with van der Waals surface area (Å²) in [6, 6.07) is 8.10. The van der Waals surface area contributed by atoms with Crippen molar-refractivity contribution >= 4 is 23.5 Å². The zero-order valence-corrected chi connectivity index (χ0v) is 20.1. The molecule has 1 fully saturated rings. The molecule has 4 rings (SSSR count). The first-order valence-corrected chi connectivity index (χ1v) is 11.5. The molecule has 33 heavy (non-hydrogen) atoms. The normalized spacial score (nSPS) is 16.4. The lowest BCUT2D eigenvalue weighted by Crippen LogP contribution is -2.38. The van der Waals surface area contributed by atoms with Crippen LogP contribution < -0.4 is 5.32 Å². The highest BCUT2D eigenvalue weighted by Crippen LogP contribution is 2.29. The second-order valence-corrected chi connectivity index (χ2v) is 8.88. The standard InChI is InChI=1S/C26H32N6O/c1-17-8-6-12-27-26(17)29-22-14-18(2)28-24(15-22)21-9-7-13-32(16-21)25(33)11-10-23-19(3)30-31(5)20(23)4/h6,8,10-12,14-15,21H,7,9,13,16H2,1-5H3,(H,27,28,29)/b11-10+. The van der Waals surface area contributed by atoms with Gasteiger partial charge < -0.3 is 10.2 Å². The molecule has 0 saturated carbocycles. The van der Waals surface area contributed by atoms with Crippen LogP contribution in [0.25, 0.3) is 6.08 Å². The number of hydrogen-bond acceptors (Lipinski definition) is 5. The Morgan fingerprint density at radius 3 is 2.76 bits per heavy atom. The number of carbonyl (C=O) groups is 1. The minimum atomic E-state index is 0.0393. The Labute approximate surface area is 195 Å². The lowest BCUT2D eigenvalue weighted by molar-refractivity contribution is -0.127. The Morgan fingerprint density at radius 1 is 1.21 bits per heavy atom. The van der Waals surface area contributed by atoms with Gasteiger partial charge in [-0.1, -0.05) is 6.07 Å². The van der Waals surface area contributed by atoms with E-state index in [0.717, 1.165) is 64.8 Å². The molecule has 3 aromatic rings. The Kier molecular flexibility index (Phi) is 6.58. The summed E-state index contributed by atoms with van der Waals surface area (Å²) >= 11 is 0. The maximum atomic E-state index is 13.0. The van der Waals surface area contributed by atoms with Gasteiger partial charge in [-0.25, -0.2) is 4.98 Å². The Balaban J connectivity index is 1.49. The van der Waals surface area contributed by atoms with Gasteiger partial charge >= 0.3 is 0 Å². The van der Waals surface area contributed by atoms with Crippen molar-refractivity contribution in [3.05, 3.63) is 70.4 Å². The molecule has 1 unspecified atom stereocenters. The fourth-order valence-electron chi connectivity index (χ4n) is 4.44. The molecule has 1 N–H and O–H groups in total. The van der Waals surface area contributed by atoms with Gasteiger partial charge in [0.25, 0.3) is 0 Å². The average Bonchev–Trinajstić information content (AvgIpc) is 3.04. The summed E-state index contributed by atoms with van der Waals surface area (Å²) in [7, 11) is 1.92. The van der Waals surface area contributed by atoms with E-state index in [9.17, 15) is 4.79 Å². The number of carbonyl (C=O) groups excluding carboxylic acids is 1. The lowest BCUT2D eigenvalue weighted by Gasteiger charge is -2.32. The molecule has 7 heteroatoms. The largest absolute Gasteiger partial charge is 0.340 e. The third kappa shape index (κ3) is 5.13. The van der Waals surface area contributed by atoms with Crippen LogP contribution >= 0.6 is 0 Å². The molecule has 0 radical (unpaired) electrons. The molecule has 0 aliphatic carbocycles. The topological polar surface area (TPSA) is 75.9 Å². The molecule has 1 saturated heterocycles. The summed E-state index contributed by atoms with van der Waals surface area (Å²) in [6.07, 6.45) is 7.35. The number of nitrogens with zero attached hydrogens (tertiary/aromatic N) is 5. The van der Waals surface area contributed by atoms with Crippen LogP contribution in [0.3, 0.4) is 0 Å². The van der Waals surface area contributed by atoms with E-state index in [2.05, 4.69) is 21.5 Å². The molecule has 3 aromatic heterocycles. The molecule has 1 atom stereocenters. The van der Waals surface area contributed by atoms with Crippen LogP contribution in [0, 0.1) is 27.7 Å². The van der Waals surface area contributed by atoms with E-state index in [1.54, 1.807) is 12.3 Å². The van der Waals surface area contributed by atoms with Crippen molar-refractivity contribution in [3.8, 4) is 0 Å². The van der Waals surface area contributed by atoms with E-state index in [0.29, 0.717) is 6.54 Å². The smallest absolute Gasteiger partial charge is 0.246 e. The molecule has 7 nitrogen and oxygen atoms in total. The first kappa shape index (κ1) is 22.7. The zero-order chi connectivity index (χ0) is 23.5. The maximum absolute atomic E-state index is 13.0. The highest BCUT2D eigenvalue weighted by molar-refractivity contribution is 5.92. The van der Waals surface area contributed by atoms with E-state index < -0.39 is 0 Å². The Hall–Kier alpha value is -3.48. The van der Waals surface area contributed by atoms with E-state index in [1.807, 2.05) is 68.6 Å². The molecule has 0 bridgehead atoms. The summed E-state index contributed by atoms with van der Waals surface area (Å²) in [6.45, 7) is 9.48. The van der Waals surface area contributed by atoms with Crippen molar-refractivity contribution in [2.24, 2.45) is 7.05 Å². The number of pyridine rings is 2. The minimum absolute atomic E-state index is 0.0393. The molecular weight excluding hydrogens is 412 g/mol. The molecule has 1 aliphatic heterocycles. The molecule has 172 valence electrons. The first-order valence-electron chi connectivity index (χ1n) is 11.5. The monoisotopic (exact) mass is 444 g/mol. The molecule has 1 amide bonds. The van der Waals surface area contributed by atoms with E-state index in [4.69, 9.17) is 4.98 Å². The van der Waals surface area contributed by atoms with Crippen LogP contribution in [-0.4, -0.2) is 43.6 Å². The van der Waals surface area contributed by atoms with Crippen molar-refractivity contribution in [2.75, 3.05) is 18.4 Å². The minimum Gasteiger partial charge on any atom is -0.340 e. The second-order valence-electron chi connectivity index (χ2n) is 8.88. The molecular formula is C26H32N6O. The van der Waals surface area contributed by atoms with Crippen LogP contribution in [0.1, 0.15) is 52.7 Å². The number of likely N-dealkylation sites (tertiary alicyclic amines) is 1. The van der Waals surface area contributed by atoms with Crippen molar-refractivity contribution in [1.82, 2.24) is 24.6 Å². The second kappa shape index (κ2) is 9.57. The van der Waals surface area contributed by atoms with Gasteiger partial charge in [0, 0.05) is 66.7 Å². The first-order chi connectivity index (χ1) is 15.8. The number of piperidine rings is 1.